The summed E-state index contributed by atoms with van der Waals surface area (Å²) < 4.78 is 13.7. The van der Waals surface area contributed by atoms with Crippen molar-refractivity contribution >= 4 is 16.9 Å². The van der Waals surface area contributed by atoms with E-state index in [1.54, 1.807) is 18.3 Å². The Bertz CT molecular complexity index is 1500. The molecule has 0 fully saturated rings. The van der Waals surface area contributed by atoms with Crippen LogP contribution in [0.1, 0.15) is 27.7 Å². The molecule has 1 aliphatic rings. The minimum absolute atomic E-state index is 0.273. The first-order valence-electron chi connectivity index (χ1n) is 10.1. The molecular formula is C25H16FN5O. The number of benzene rings is 3. The summed E-state index contributed by atoms with van der Waals surface area (Å²) in [5, 5.41) is 3.11. The summed E-state index contributed by atoms with van der Waals surface area (Å²) in [6, 6.07) is 19.7. The minimum atomic E-state index is -0.328. The van der Waals surface area contributed by atoms with Gasteiger partial charge in [0, 0.05) is 11.8 Å². The zero-order valence-corrected chi connectivity index (χ0v) is 16.7. The van der Waals surface area contributed by atoms with Gasteiger partial charge in [0.25, 0.3) is 5.91 Å². The highest BCUT2D eigenvalue weighted by atomic mass is 19.1. The maximum absolute atomic E-state index is 13.7. The number of aromatic nitrogens is 4. The van der Waals surface area contributed by atoms with Crippen LogP contribution in [0.3, 0.4) is 0 Å². The van der Waals surface area contributed by atoms with Gasteiger partial charge in [-0.05, 0) is 46.5 Å². The molecule has 32 heavy (non-hydrogen) atoms. The van der Waals surface area contributed by atoms with Crippen molar-refractivity contribution in [3.63, 3.8) is 0 Å². The highest BCUT2D eigenvalue weighted by Crippen LogP contribution is 2.47. The predicted octanol–water partition coefficient (Wildman–Crippen LogP) is 4.66. The van der Waals surface area contributed by atoms with Crippen molar-refractivity contribution in [1.82, 2.24) is 25.3 Å². The van der Waals surface area contributed by atoms with Crippen LogP contribution in [0.25, 0.3) is 33.5 Å². The number of imidazole rings is 1. The quantitative estimate of drug-likeness (QED) is 0.444. The van der Waals surface area contributed by atoms with E-state index >= 15 is 0 Å². The molecule has 0 saturated carbocycles. The molecule has 6 rings (SSSR count). The van der Waals surface area contributed by atoms with Crippen molar-refractivity contribution in [2.24, 2.45) is 0 Å². The van der Waals surface area contributed by atoms with Gasteiger partial charge in [-0.3, -0.25) is 4.79 Å². The smallest absolute Gasteiger partial charge is 0.270 e. The maximum Gasteiger partial charge on any atom is 0.270 e. The molecule has 6 nitrogen and oxygen atoms in total. The van der Waals surface area contributed by atoms with E-state index in [0.29, 0.717) is 22.6 Å². The molecule has 1 unspecified atom stereocenters. The van der Waals surface area contributed by atoms with Crippen LogP contribution in [0, 0.1) is 5.82 Å². The lowest BCUT2D eigenvalue weighted by atomic mass is 9.99. The fourth-order valence-electron chi connectivity index (χ4n) is 4.35. The van der Waals surface area contributed by atoms with Gasteiger partial charge in [-0.2, -0.15) is 0 Å². The third-order valence-electron chi connectivity index (χ3n) is 5.74. The highest BCUT2D eigenvalue weighted by Gasteiger charge is 2.32. The number of nitrogens with zero attached hydrogens (tertiary/aromatic N) is 3. The SMILES string of the molecule is O=C(NC1c2ccccc2-c2c(-c3nc4ccc(F)cc4[nH]3)cccc21)c1ccncn1. The zero-order chi connectivity index (χ0) is 21.7. The molecule has 0 aliphatic heterocycles. The lowest BCUT2D eigenvalue weighted by Crippen LogP contribution is -2.28. The lowest BCUT2D eigenvalue weighted by Gasteiger charge is -2.16. The number of fused-ring (bicyclic) bond motifs is 4. The Balaban J connectivity index is 1.49. The summed E-state index contributed by atoms with van der Waals surface area (Å²) in [5.74, 6) is 0.0635. The first-order valence-corrected chi connectivity index (χ1v) is 10.1. The molecule has 1 amide bonds. The molecule has 2 N–H and O–H groups in total. The zero-order valence-electron chi connectivity index (χ0n) is 16.7. The topological polar surface area (TPSA) is 83.6 Å². The van der Waals surface area contributed by atoms with Crippen molar-refractivity contribution in [3.05, 3.63) is 102 Å². The largest absolute Gasteiger partial charge is 0.340 e. The van der Waals surface area contributed by atoms with Crippen LogP contribution >= 0.6 is 0 Å². The van der Waals surface area contributed by atoms with Crippen molar-refractivity contribution in [2.75, 3.05) is 0 Å². The van der Waals surface area contributed by atoms with Gasteiger partial charge in [-0.15, -0.1) is 0 Å². The molecule has 0 radical (unpaired) electrons. The van der Waals surface area contributed by atoms with E-state index in [9.17, 15) is 9.18 Å². The van der Waals surface area contributed by atoms with E-state index in [1.165, 1.54) is 18.5 Å². The molecule has 5 aromatic rings. The molecule has 2 heterocycles. The molecule has 154 valence electrons. The molecule has 0 saturated heterocycles. The number of H-pyrrole nitrogens is 1. The fourth-order valence-corrected chi connectivity index (χ4v) is 4.35. The molecule has 2 aromatic heterocycles. The van der Waals surface area contributed by atoms with Gasteiger partial charge in [0.1, 0.15) is 23.7 Å². The van der Waals surface area contributed by atoms with Gasteiger partial charge < -0.3 is 10.3 Å². The summed E-state index contributed by atoms with van der Waals surface area (Å²) in [4.78, 5) is 28.7. The molecule has 1 aliphatic carbocycles. The monoisotopic (exact) mass is 421 g/mol. The average Bonchev–Trinajstić information content (AvgIpc) is 3.39. The number of halogens is 1. The second kappa shape index (κ2) is 7.09. The summed E-state index contributed by atoms with van der Waals surface area (Å²) in [6.07, 6.45) is 2.90. The van der Waals surface area contributed by atoms with Gasteiger partial charge >= 0.3 is 0 Å². The lowest BCUT2D eigenvalue weighted by molar-refractivity contribution is 0.0938. The summed E-state index contributed by atoms with van der Waals surface area (Å²) in [7, 11) is 0. The molecule has 0 spiro atoms. The van der Waals surface area contributed by atoms with Crippen LogP contribution in [0.2, 0.25) is 0 Å². The second-order valence-corrected chi connectivity index (χ2v) is 7.61. The third-order valence-corrected chi connectivity index (χ3v) is 5.74. The number of amides is 1. The Morgan fingerprint density at radius 2 is 1.81 bits per heavy atom. The van der Waals surface area contributed by atoms with Gasteiger partial charge in [-0.1, -0.05) is 42.5 Å². The van der Waals surface area contributed by atoms with Crippen molar-refractivity contribution in [2.45, 2.75) is 6.04 Å². The fraction of sp³-hybridized carbons (Fsp3) is 0.0400. The van der Waals surface area contributed by atoms with E-state index in [4.69, 9.17) is 0 Å². The van der Waals surface area contributed by atoms with Crippen LogP contribution in [0.15, 0.2) is 79.3 Å². The molecule has 0 bridgehead atoms. The second-order valence-electron chi connectivity index (χ2n) is 7.61. The average molecular weight is 421 g/mol. The number of hydrogen-bond acceptors (Lipinski definition) is 4. The van der Waals surface area contributed by atoms with Crippen LogP contribution in [0.5, 0.6) is 0 Å². The first-order chi connectivity index (χ1) is 15.7. The van der Waals surface area contributed by atoms with Gasteiger partial charge in [0.2, 0.25) is 0 Å². The van der Waals surface area contributed by atoms with Gasteiger partial charge in [-0.25, -0.2) is 19.3 Å². The van der Waals surface area contributed by atoms with Crippen molar-refractivity contribution in [1.29, 1.82) is 0 Å². The van der Waals surface area contributed by atoms with Crippen LogP contribution in [0.4, 0.5) is 4.39 Å². The Morgan fingerprint density at radius 3 is 2.69 bits per heavy atom. The molecular weight excluding hydrogens is 405 g/mol. The Hall–Kier alpha value is -4.39. The number of nitrogens with one attached hydrogen (secondary N) is 2. The van der Waals surface area contributed by atoms with E-state index in [-0.39, 0.29) is 17.8 Å². The Kier molecular flexibility index (Phi) is 4.07. The summed E-state index contributed by atoms with van der Waals surface area (Å²) in [5.41, 5.74) is 6.52. The normalized spacial score (nSPS) is 14.2. The summed E-state index contributed by atoms with van der Waals surface area (Å²) in [6.45, 7) is 0. The third kappa shape index (κ3) is 2.86. The Morgan fingerprint density at radius 1 is 0.969 bits per heavy atom. The van der Waals surface area contributed by atoms with E-state index in [1.807, 2.05) is 42.5 Å². The van der Waals surface area contributed by atoms with Crippen molar-refractivity contribution < 1.29 is 9.18 Å². The number of aromatic amines is 1. The van der Waals surface area contributed by atoms with Crippen molar-refractivity contribution in [3.8, 4) is 22.5 Å². The number of hydrogen-bond donors (Lipinski definition) is 2. The maximum atomic E-state index is 13.7. The first kappa shape index (κ1) is 18.4. The number of carbonyl (C=O) groups is 1. The Labute approximate surface area is 182 Å². The standard InChI is InChI=1S/C25H16FN5O/c26-14-8-9-19-21(12-14)30-24(29-19)18-7-3-6-17-22(18)15-4-1-2-5-16(15)23(17)31-25(32)20-10-11-27-13-28-20/h1-13,23H,(H,29,30)(H,31,32). The summed E-state index contributed by atoms with van der Waals surface area (Å²) >= 11 is 0. The number of rotatable bonds is 3. The molecule has 3 aromatic carbocycles. The molecule has 7 heteroatoms. The number of carbonyl (C=O) groups excluding carboxylic acids is 1. The van der Waals surface area contributed by atoms with E-state index in [2.05, 4.69) is 25.3 Å². The van der Waals surface area contributed by atoms with Crippen LogP contribution in [-0.2, 0) is 0 Å². The predicted molar refractivity (Wildman–Crippen MR) is 118 cm³/mol. The van der Waals surface area contributed by atoms with Gasteiger partial charge in [0.05, 0.1) is 17.1 Å². The molecule has 1 atom stereocenters. The van der Waals surface area contributed by atoms with Crippen LogP contribution in [-0.4, -0.2) is 25.8 Å². The van der Waals surface area contributed by atoms with Gasteiger partial charge in [0.15, 0.2) is 0 Å². The highest BCUT2D eigenvalue weighted by molar-refractivity contribution is 5.96. The minimum Gasteiger partial charge on any atom is -0.340 e. The van der Waals surface area contributed by atoms with E-state index < -0.39 is 0 Å². The van der Waals surface area contributed by atoms with Crippen LogP contribution < -0.4 is 5.32 Å². The van der Waals surface area contributed by atoms with E-state index in [0.717, 1.165) is 27.8 Å².